The molecule has 0 amide bonds. The number of benzene rings is 2. The van der Waals surface area contributed by atoms with E-state index >= 15 is 0 Å². The van der Waals surface area contributed by atoms with Gasteiger partial charge in [0.2, 0.25) is 0 Å². The van der Waals surface area contributed by atoms with Crippen molar-refractivity contribution in [3.05, 3.63) is 60.2 Å². The van der Waals surface area contributed by atoms with E-state index in [4.69, 9.17) is 4.74 Å². The zero-order chi connectivity index (χ0) is 14.4. The van der Waals surface area contributed by atoms with Crippen LogP contribution in [0.1, 0.15) is 18.5 Å². The lowest BCUT2D eigenvalue weighted by atomic mass is 10.1. The Morgan fingerprint density at radius 1 is 1.20 bits per heavy atom. The molecule has 0 aliphatic heterocycles. The maximum atomic E-state index is 11.4. The molecule has 0 aromatic heterocycles. The van der Waals surface area contributed by atoms with Gasteiger partial charge in [0.05, 0.1) is 6.61 Å². The summed E-state index contributed by atoms with van der Waals surface area (Å²) in [6, 6.07) is 15.6. The van der Waals surface area contributed by atoms with Crippen LogP contribution in [0.2, 0.25) is 0 Å². The van der Waals surface area contributed by atoms with E-state index in [1.54, 1.807) is 18.2 Å². The van der Waals surface area contributed by atoms with Gasteiger partial charge in [0, 0.05) is 11.8 Å². The van der Waals surface area contributed by atoms with Gasteiger partial charge in [-0.05, 0) is 24.6 Å². The van der Waals surface area contributed by atoms with Crippen molar-refractivity contribution in [1.29, 1.82) is 0 Å². The quantitative estimate of drug-likeness (QED) is 0.846. The summed E-state index contributed by atoms with van der Waals surface area (Å²) >= 11 is 0. The van der Waals surface area contributed by atoms with E-state index in [-0.39, 0.29) is 0 Å². The summed E-state index contributed by atoms with van der Waals surface area (Å²) in [6.07, 6.45) is 0. The normalized spacial score (nSPS) is 11.7. The van der Waals surface area contributed by atoms with Crippen molar-refractivity contribution in [3.8, 4) is 5.75 Å². The highest BCUT2D eigenvalue weighted by molar-refractivity contribution is 5.79. The number of aliphatic carboxylic acids is 1. The van der Waals surface area contributed by atoms with Crippen LogP contribution in [0.5, 0.6) is 5.75 Å². The van der Waals surface area contributed by atoms with Crippen LogP contribution in [0, 0.1) is 0 Å². The lowest BCUT2D eigenvalue weighted by Crippen LogP contribution is -2.20. The molecule has 4 heteroatoms. The Morgan fingerprint density at radius 2 is 1.95 bits per heavy atom. The van der Waals surface area contributed by atoms with Gasteiger partial charge in [0.15, 0.2) is 6.04 Å². The molecule has 0 radical (unpaired) electrons. The summed E-state index contributed by atoms with van der Waals surface area (Å²) in [5, 5.41) is 12.4. The van der Waals surface area contributed by atoms with Crippen molar-refractivity contribution in [2.24, 2.45) is 0 Å². The fourth-order valence-corrected chi connectivity index (χ4v) is 1.94. The predicted molar refractivity (Wildman–Crippen MR) is 78.1 cm³/mol. The first-order chi connectivity index (χ1) is 9.70. The molecule has 4 nitrogen and oxygen atoms in total. The van der Waals surface area contributed by atoms with Crippen molar-refractivity contribution < 1.29 is 14.6 Å². The largest absolute Gasteiger partial charge is 0.494 e. The first kappa shape index (κ1) is 13.9. The van der Waals surface area contributed by atoms with E-state index < -0.39 is 12.0 Å². The number of hydrogen-bond donors (Lipinski definition) is 2. The Bertz CT molecular complexity index is 569. The van der Waals surface area contributed by atoms with Gasteiger partial charge < -0.3 is 15.2 Å². The summed E-state index contributed by atoms with van der Waals surface area (Å²) in [5.74, 6) is -0.201. The second-order valence-electron chi connectivity index (χ2n) is 4.29. The number of rotatable bonds is 6. The Morgan fingerprint density at radius 3 is 2.60 bits per heavy atom. The molecule has 0 aliphatic rings. The molecule has 0 saturated heterocycles. The minimum Gasteiger partial charge on any atom is -0.494 e. The summed E-state index contributed by atoms with van der Waals surface area (Å²) in [6.45, 7) is 2.48. The molecule has 1 atom stereocenters. The van der Waals surface area contributed by atoms with E-state index in [0.717, 1.165) is 5.75 Å². The fourth-order valence-electron chi connectivity index (χ4n) is 1.94. The molecule has 0 saturated carbocycles. The Kier molecular flexibility index (Phi) is 4.60. The Hall–Kier alpha value is -2.49. The summed E-state index contributed by atoms with van der Waals surface area (Å²) < 4.78 is 5.41. The number of anilines is 1. The van der Waals surface area contributed by atoms with Gasteiger partial charge in [-0.15, -0.1) is 0 Å². The molecule has 2 aromatic rings. The highest BCUT2D eigenvalue weighted by atomic mass is 16.5. The molecule has 20 heavy (non-hydrogen) atoms. The van der Waals surface area contributed by atoms with Crippen LogP contribution >= 0.6 is 0 Å². The SMILES string of the molecule is CCOc1cccc(NC(C(=O)O)c2ccccc2)c1. The first-order valence-corrected chi connectivity index (χ1v) is 6.48. The summed E-state index contributed by atoms with van der Waals surface area (Å²) in [4.78, 5) is 11.4. The van der Waals surface area contributed by atoms with Crippen molar-refractivity contribution in [1.82, 2.24) is 0 Å². The molecular weight excluding hydrogens is 254 g/mol. The van der Waals surface area contributed by atoms with E-state index in [1.165, 1.54) is 0 Å². The topological polar surface area (TPSA) is 58.6 Å². The Labute approximate surface area is 118 Å². The molecule has 0 heterocycles. The van der Waals surface area contributed by atoms with Crippen molar-refractivity contribution >= 4 is 11.7 Å². The zero-order valence-corrected chi connectivity index (χ0v) is 11.2. The van der Waals surface area contributed by atoms with E-state index in [9.17, 15) is 9.90 Å². The van der Waals surface area contributed by atoms with Crippen LogP contribution in [0.15, 0.2) is 54.6 Å². The average Bonchev–Trinajstić information content (AvgIpc) is 2.46. The molecule has 0 fully saturated rings. The van der Waals surface area contributed by atoms with Gasteiger partial charge in [0.25, 0.3) is 0 Å². The number of nitrogens with one attached hydrogen (secondary N) is 1. The van der Waals surface area contributed by atoms with Crippen LogP contribution in [-0.2, 0) is 4.79 Å². The molecule has 104 valence electrons. The highest BCUT2D eigenvalue weighted by Gasteiger charge is 2.19. The summed E-state index contributed by atoms with van der Waals surface area (Å²) in [7, 11) is 0. The van der Waals surface area contributed by atoms with Crippen molar-refractivity contribution in [2.75, 3.05) is 11.9 Å². The van der Waals surface area contributed by atoms with Crippen LogP contribution in [0.3, 0.4) is 0 Å². The van der Waals surface area contributed by atoms with Crippen LogP contribution in [0.4, 0.5) is 5.69 Å². The minimum absolute atomic E-state index is 0.574. The fraction of sp³-hybridized carbons (Fsp3) is 0.188. The zero-order valence-electron chi connectivity index (χ0n) is 11.2. The average molecular weight is 271 g/mol. The molecule has 2 N–H and O–H groups in total. The monoisotopic (exact) mass is 271 g/mol. The van der Waals surface area contributed by atoms with Crippen LogP contribution in [-0.4, -0.2) is 17.7 Å². The van der Waals surface area contributed by atoms with E-state index in [1.807, 2.05) is 43.3 Å². The third-order valence-corrected chi connectivity index (χ3v) is 2.84. The maximum Gasteiger partial charge on any atom is 0.330 e. The van der Waals surface area contributed by atoms with E-state index in [2.05, 4.69) is 5.32 Å². The lowest BCUT2D eigenvalue weighted by molar-refractivity contribution is -0.138. The van der Waals surface area contributed by atoms with Gasteiger partial charge >= 0.3 is 5.97 Å². The summed E-state index contributed by atoms with van der Waals surface area (Å²) in [5.41, 5.74) is 1.43. The molecular formula is C16H17NO3. The van der Waals surface area contributed by atoms with Gasteiger partial charge in [0.1, 0.15) is 5.75 Å². The maximum absolute atomic E-state index is 11.4. The smallest absolute Gasteiger partial charge is 0.330 e. The minimum atomic E-state index is -0.919. The number of hydrogen-bond acceptors (Lipinski definition) is 3. The molecule has 0 spiro atoms. The van der Waals surface area contributed by atoms with Gasteiger partial charge in [-0.25, -0.2) is 4.79 Å². The lowest BCUT2D eigenvalue weighted by Gasteiger charge is -2.16. The van der Waals surface area contributed by atoms with Crippen molar-refractivity contribution in [2.45, 2.75) is 13.0 Å². The highest BCUT2D eigenvalue weighted by Crippen LogP contribution is 2.23. The molecule has 0 bridgehead atoms. The predicted octanol–water partition coefficient (Wildman–Crippen LogP) is 3.32. The van der Waals surface area contributed by atoms with E-state index in [0.29, 0.717) is 17.9 Å². The molecule has 0 aliphatic carbocycles. The first-order valence-electron chi connectivity index (χ1n) is 6.48. The number of carbonyl (C=O) groups is 1. The van der Waals surface area contributed by atoms with Crippen molar-refractivity contribution in [3.63, 3.8) is 0 Å². The van der Waals surface area contributed by atoms with Gasteiger partial charge in [-0.3, -0.25) is 0 Å². The van der Waals surface area contributed by atoms with Crippen LogP contribution < -0.4 is 10.1 Å². The Balaban J connectivity index is 2.21. The second-order valence-corrected chi connectivity index (χ2v) is 4.29. The van der Waals surface area contributed by atoms with Gasteiger partial charge in [-0.1, -0.05) is 36.4 Å². The number of carboxylic acids is 1. The number of carboxylic acid groups (broad SMARTS) is 1. The molecule has 2 rings (SSSR count). The molecule has 1 unspecified atom stereocenters. The number of ether oxygens (including phenoxy) is 1. The molecule has 2 aromatic carbocycles. The second kappa shape index (κ2) is 6.61. The standard InChI is InChI=1S/C16H17NO3/c1-2-20-14-10-6-9-13(11-14)17-15(16(18)19)12-7-4-3-5-8-12/h3-11,15,17H,2H2,1H3,(H,18,19). The third kappa shape index (κ3) is 3.51. The van der Waals surface area contributed by atoms with Crippen LogP contribution in [0.25, 0.3) is 0 Å². The van der Waals surface area contributed by atoms with Gasteiger partial charge in [-0.2, -0.15) is 0 Å². The third-order valence-electron chi connectivity index (χ3n) is 2.84.